The maximum atomic E-state index is 3.67. The van der Waals surface area contributed by atoms with Crippen LogP contribution in [0.15, 0.2) is 60.7 Å². The number of nitrogens with zero attached hydrogens (tertiary/aromatic N) is 1. The summed E-state index contributed by atoms with van der Waals surface area (Å²) in [6.45, 7) is 2.11. The van der Waals surface area contributed by atoms with Gasteiger partial charge in [0.05, 0.1) is 12.1 Å². The van der Waals surface area contributed by atoms with E-state index < -0.39 is 0 Å². The lowest BCUT2D eigenvalue weighted by molar-refractivity contribution is 0.247. The zero-order valence-corrected chi connectivity index (χ0v) is 12.8. The molecule has 2 aromatic rings. The fourth-order valence-corrected chi connectivity index (χ4v) is 3.59. The van der Waals surface area contributed by atoms with Crippen LogP contribution in [-0.4, -0.2) is 16.2 Å². The van der Waals surface area contributed by atoms with Gasteiger partial charge in [-0.05, 0) is 11.1 Å². The number of hydrogen-bond donors (Lipinski definition) is 1. The Morgan fingerprint density at radius 1 is 0.895 bits per heavy atom. The molecular formula is C16H17IN2. The summed E-state index contributed by atoms with van der Waals surface area (Å²) in [5, 5.41) is 3.67. The van der Waals surface area contributed by atoms with Crippen molar-refractivity contribution in [3.8, 4) is 0 Å². The van der Waals surface area contributed by atoms with Gasteiger partial charge in [0, 0.05) is 36.0 Å². The van der Waals surface area contributed by atoms with Crippen LogP contribution in [0.2, 0.25) is 0 Å². The second-order valence-electron chi connectivity index (χ2n) is 4.82. The van der Waals surface area contributed by atoms with Crippen LogP contribution in [0.5, 0.6) is 0 Å². The average Bonchev–Trinajstić information content (AvgIpc) is 2.49. The number of nitrogens with one attached hydrogen (secondary N) is 1. The van der Waals surface area contributed by atoms with Gasteiger partial charge < -0.3 is 5.32 Å². The molecule has 2 nitrogen and oxygen atoms in total. The molecule has 1 fully saturated rings. The highest BCUT2D eigenvalue weighted by molar-refractivity contribution is 14.1. The Kier molecular flexibility index (Phi) is 4.15. The van der Waals surface area contributed by atoms with Gasteiger partial charge in [-0.1, -0.05) is 60.7 Å². The van der Waals surface area contributed by atoms with Gasteiger partial charge in [0.1, 0.15) is 0 Å². The lowest BCUT2D eigenvalue weighted by Crippen LogP contribution is -2.43. The predicted molar refractivity (Wildman–Crippen MR) is 87.1 cm³/mol. The Morgan fingerprint density at radius 2 is 1.47 bits per heavy atom. The van der Waals surface area contributed by atoms with Gasteiger partial charge in [-0.2, -0.15) is 0 Å². The third-order valence-electron chi connectivity index (χ3n) is 3.61. The van der Waals surface area contributed by atoms with E-state index in [-0.39, 0.29) is 0 Å². The van der Waals surface area contributed by atoms with Crippen molar-refractivity contribution in [3.63, 3.8) is 0 Å². The number of rotatable bonds is 2. The van der Waals surface area contributed by atoms with Crippen molar-refractivity contribution in [3.05, 3.63) is 71.8 Å². The fourth-order valence-electron chi connectivity index (χ4n) is 2.70. The van der Waals surface area contributed by atoms with Crippen LogP contribution in [-0.2, 0) is 0 Å². The lowest BCUT2D eigenvalue weighted by atomic mass is 9.92. The van der Waals surface area contributed by atoms with E-state index in [1.54, 1.807) is 0 Å². The molecule has 2 unspecified atom stereocenters. The smallest absolute Gasteiger partial charge is 0.0639 e. The van der Waals surface area contributed by atoms with Crippen molar-refractivity contribution in [1.29, 1.82) is 0 Å². The highest BCUT2D eigenvalue weighted by Gasteiger charge is 2.31. The molecule has 3 heteroatoms. The highest BCUT2D eigenvalue weighted by Crippen LogP contribution is 2.37. The van der Waals surface area contributed by atoms with E-state index in [1.165, 1.54) is 11.1 Å². The summed E-state index contributed by atoms with van der Waals surface area (Å²) >= 11 is 2.46. The first-order chi connectivity index (χ1) is 9.36. The molecule has 0 bridgehead atoms. The minimum absolute atomic E-state index is 0.356. The van der Waals surface area contributed by atoms with Crippen molar-refractivity contribution < 1.29 is 0 Å². The predicted octanol–water partition coefficient (Wildman–Crippen LogP) is 3.72. The molecule has 19 heavy (non-hydrogen) atoms. The maximum absolute atomic E-state index is 3.67. The minimum atomic E-state index is 0.356. The van der Waals surface area contributed by atoms with Crippen molar-refractivity contribution in [1.82, 2.24) is 8.43 Å². The lowest BCUT2D eigenvalue weighted by Gasteiger charge is -2.39. The summed E-state index contributed by atoms with van der Waals surface area (Å²) in [6.07, 6.45) is 0. The van der Waals surface area contributed by atoms with Crippen LogP contribution >= 0.6 is 22.9 Å². The first-order valence-corrected chi connectivity index (χ1v) is 7.58. The molecule has 0 saturated carbocycles. The normalized spacial score (nSPS) is 24.3. The molecule has 2 atom stereocenters. The molecule has 2 aromatic carbocycles. The van der Waals surface area contributed by atoms with Crippen LogP contribution in [0.4, 0.5) is 0 Å². The summed E-state index contributed by atoms with van der Waals surface area (Å²) in [4.78, 5) is 0. The molecule has 98 valence electrons. The molecule has 0 amide bonds. The van der Waals surface area contributed by atoms with Crippen LogP contribution in [0.1, 0.15) is 23.2 Å². The summed E-state index contributed by atoms with van der Waals surface area (Å²) in [5.74, 6) is 0. The fraction of sp³-hybridized carbons (Fsp3) is 0.250. The van der Waals surface area contributed by atoms with Gasteiger partial charge in [0.2, 0.25) is 0 Å². The van der Waals surface area contributed by atoms with E-state index in [0.717, 1.165) is 13.1 Å². The average molecular weight is 364 g/mol. The van der Waals surface area contributed by atoms with Crippen molar-refractivity contribution >= 4 is 22.9 Å². The third-order valence-corrected chi connectivity index (χ3v) is 4.69. The first-order valence-electron chi connectivity index (χ1n) is 6.62. The van der Waals surface area contributed by atoms with E-state index >= 15 is 0 Å². The van der Waals surface area contributed by atoms with E-state index in [0.29, 0.717) is 12.1 Å². The van der Waals surface area contributed by atoms with Gasteiger partial charge in [-0.25, -0.2) is 3.11 Å². The summed E-state index contributed by atoms with van der Waals surface area (Å²) in [7, 11) is 0. The third kappa shape index (κ3) is 2.83. The molecule has 3 rings (SSSR count). The van der Waals surface area contributed by atoms with E-state index in [4.69, 9.17) is 0 Å². The number of piperazine rings is 1. The van der Waals surface area contributed by atoms with Crippen LogP contribution in [0.3, 0.4) is 0 Å². The monoisotopic (exact) mass is 364 g/mol. The Hall–Kier alpha value is -0.910. The van der Waals surface area contributed by atoms with Crippen LogP contribution < -0.4 is 5.32 Å². The maximum Gasteiger partial charge on any atom is 0.0639 e. The summed E-state index contributed by atoms with van der Waals surface area (Å²) < 4.78 is 2.42. The second-order valence-corrected chi connectivity index (χ2v) is 6.06. The largest absolute Gasteiger partial charge is 0.307 e. The SMILES string of the molecule is IN1CCNC(c2ccccc2)C1c1ccccc1. The second kappa shape index (κ2) is 6.03. The Labute approximate surface area is 128 Å². The zero-order valence-electron chi connectivity index (χ0n) is 10.7. The molecule has 0 radical (unpaired) electrons. The van der Waals surface area contributed by atoms with Crippen molar-refractivity contribution in [2.45, 2.75) is 12.1 Å². The van der Waals surface area contributed by atoms with Crippen molar-refractivity contribution in [2.75, 3.05) is 13.1 Å². The van der Waals surface area contributed by atoms with Gasteiger partial charge in [0.25, 0.3) is 0 Å². The highest BCUT2D eigenvalue weighted by atomic mass is 127. The zero-order chi connectivity index (χ0) is 13.1. The standard InChI is InChI=1S/C16H17IN2/c17-19-12-11-18-15(13-7-3-1-4-8-13)16(19)14-9-5-2-6-10-14/h1-10,15-16,18H,11-12H2. The van der Waals surface area contributed by atoms with E-state index in [1.807, 2.05) is 0 Å². The van der Waals surface area contributed by atoms with Crippen molar-refractivity contribution in [2.24, 2.45) is 0 Å². The van der Waals surface area contributed by atoms with E-state index in [2.05, 4.69) is 92.0 Å². The van der Waals surface area contributed by atoms with Gasteiger partial charge in [-0.15, -0.1) is 0 Å². The summed E-state index contributed by atoms with van der Waals surface area (Å²) in [6, 6.07) is 22.2. The first kappa shape index (κ1) is 13.1. The Morgan fingerprint density at radius 3 is 2.11 bits per heavy atom. The topological polar surface area (TPSA) is 15.3 Å². The Balaban J connectivity index is 1.97. The molecule has 1 aliphatic rings. The summed E-state index contributed by atoms with van der Waals surface area (Å²) in [5.41, 5.74) is 2.73. The van der Waals surface area contributed by atoms with Crippen LogP contribution in [0.25, 0.3) is 0 Å². The minimum Gasteiger partial charge on any atom is -0.307 e. The number of hydrogen-bond acceptors (Lipinski definition) is 2. The molecule has 1 N–H and O–H groups in total. The van der Waals surface area contributed by atoms with E-state index in [9.17, 15) is 0 Å². The molecule has 1 heterocycles. The molecule has 0 spiro atoms. The van der Waals surface area contributed by atoms with Gasteiger partial charge >= 0.3 is 0 Å². The van der Waals surface area contributed by atoms with Crippen LogP contribution in [0, 0.1) is 0 Å². The van der Waals surface area contributed by atoms with Gasteiger partial charge in [0.15, 0.2) is 0 Å². The molecular weight excluding hydrogens is 347 g/mol. The van der Waals surface area contributed by atoms with Gasteiger partial charge in [-0.3, -0.25) is 0 Å². The molecule has 1 aliphatic heterocycles. The molecule has 1 saturated heterocycles. The molecule has 0 aliphatic carbocycles. The Bertz CT molecular complexity index is 515. The number of benzene rings is 2. The number of halogens is 1. The molecule has 0 aromatic heterocycles. The quantitative estimate of drug-likeness (QED) is 0.646.